The summed E-state index contributed by atoms with van der Waals surface area (Å²) in [5, 5.41) is 1.73. The molecule has 1 aliphatic heterocycles. The van der Waals surface area contributed by atoms with Gasteiger partial charge in [0, 0.05) is 4.88 Å². The first-order valence-corrected chi connectivity index (χ1v) is 7.73. The van der Waals surface area contributed by atoms with Crippen LogP contribution in [0.1, 0.15) is 10.4 Å². The highest BCUT2D eigenvalue weighted by Crippen LogP contribution is 2.36. The lowest BCUT2D eigenvalue weighted by atomic mass is 10.2. The Balaban J connectivity index is 1.95. The quantitative estimate of drug-likeness (QED) is 0.776. The fraction of sp³-hybridized carbons (Fsp3) is 0.0667. The van der Waals surface area contributed by atoms with E-state index in [0.29, 0.717) is 10.6 Å². The Labute approximate surface area is 124 Å². The van der Waals surface area contributed by atoms with E-state index < -0.39 is 0 Å². The lowest BCUT2D eigenvalue weighted by Crippen LogP contribution is -2.27. The smallest absolute Gasteiger partial charge is 0.268 e. The van der Waals surface area contributed by atoms with E-state index in [9.17, 15) is 9.59 Å². The molecular formula is C15H11NO2S2. The first-order chi connectivity index (χ1) is 9.66. The Morgan fingerprint density at radius 1 is 1.10 bits per heavy atom. The monoisotopic (exact) mass is 301 g/mol. The largest absolute Gasteiger partial charge is 0.298 e. The SMILES string of the molecule is Cc1ccsc1/C=C1\SC(=O)N(c2ccccc2)C1=O. The number of anilines is 1. The number of nitrogens with zero attached hydrogens (tertiary/aromatic N) is 1. The van der Waals surface area contributed by atoms with Gasteiger partial charge in [-0.2, -0.15) is 0 Å². The maximum Gasteiger partial charge on any atom is 0.298 e. The van der Waals surface area contributed by atoms with Crippen molar-refractivity contribution in [1.82, 2.24) is 0 Å². The molecule has 2 amide bonds. The maximum atomic E-state index is 12.4. The van der Waals surface area contributed by atoms with Crippen molar-refractivity contribution < 1.29 is 9.59 Å². The van der Waals surface area contributed by atoms with Crippen molar-refractivity contribution in [3.8, 4) is 0 Å². The summed E-state index contributed by atoms with van der Waals surface area (Å²) in [6.45, 7) is 1.99. The topological polar surface area (TPSA) is 37.4 Å². The number of carbonyl (C=O) groups is 2. The molecule has 1 saturated heterocycles. The number of thiophene rings is 1. The van der Waals surface area contributed by atoms with E-state index in [-0.39, 0.29) is 11.1 Å². The van der Waals surface area contributed by atoms with Crippen molar-refractivity contribution in [3.05, 3.63) is 57.1 Å². The molecule has 0 atom stereocenters. The highest BCUT2D eigenvalue weighted by Gasteiger charge is 2.36. The first kappa shape index (κ1) is 13.1. The molecule has 5 heteroatoms. The van der Waals surface area contributed by atoms with Crippen LogP contribution in [0.5, 0.6) is 0 Å². The number of rotatable bonds is 2. The van der Waals surface area contributed by atoms with Crippen molar-refractivity contribution in [2.45, 2.75) is 6.92 Å². The summed E-state index contributed by atoms with van der Waals surface area (Å²) in [6, 6.07) is 11.0. The van der Waals surface area contributed by atoms with Crippen LogP contribution in [0.3, 0.4) is 0 Å². The van der Waals surface area contributed by atoms with E-state index in [4.69, 9.17) is 0 Å². The molecule has 3 rings (SSSR count). The Hall–Kier alpha value is -1.85. The van der Waals surface area contributed by atoms with Crippen LogP contribution >= 0.6 is 23.1 Å². The molecule has 0 radical (unpaired) electrons. The summed E-state index contributed by atoms with van der Waals surface area (Å²) in [5.74, 6) is -0.251. The van der Waals surface area contributed by atoms with Crippen LogP contribution in [-0.4, -0.2) is 11.1 Å². The number of para-hydroxylation sites is 1. The molecule has 1 aromatic carbocycles. The highest BCUT2D eigenvalue weighted by atomic mass is 32.2. The molecule has 0 spiro atoms. The van der Waals surface area contributed by atoms with Crippen LogP contribution in [0, 0.1) is 6.92 Å². The van der Waals surface area contributed by atoms with Crippen molar-refractivity contribution in [2.75, 3.05) is 4.90 Å². The van der Waals surface area contributed by atoms with Gasteiger partial charge in [0.2, 0.25) is 0 Å². The molecule has 0 bridgehead atoms. The molecule has 2 aromatic rings. The van der Waals surface area contributed by atoms with E-state index in [1.54, 1.807) is 29.5 Å². The van der Waals surface area contributed by atoms with Gasteiger partial charge in [-0.15, -0.1) is 11.3 Å². The van der Waals surface area contributed by atoms with Gasteiger partial charge in [-0.1, -0.05) is 18.2 Å². The van der Waals surface area contributed by atoms with E-state index in [2.05, 4.69) is 0 Å². The highest BCUT2D eigenvalue weighted by molar-refractivity contribution is 8.19. The number of amides is 2. The zero-order chi connectivity index (χ0) is 14.1. The third-order valence-corrected chi connectivity index (χ3v) is 4.81. The minimum Gasteiger partial charge on any atom is -0.268 e. The predicted octanol–water partition coefficient (Wildman–Crippen LogP) is 4.30. The van der Waals surface area contributed by atoms with Crippen molar-refractivity contribution >= 4 is 46.0 Å². The summed E-state index contributed by atoms with van der Waals surface area (Å²) in [5.41, 5.74) is 1.72. The van der Waals surface area contributed by atoms with Crippen molar-refractivity contribution in [3.63, 3.8) is 0 Å². The molecule has 3 nitrogen and oxygen atoms in total. The molecule has 0 saturated carbocycles. The van der Waals surface area contributed by atoms with Gasteiger partial charge < -0.3 is 0 Å². The van der Waals surface area contributed by atoms with Gasteiger partial charge in [-0.3, -0.25) is 9.59 Å². The van der Waals surface area contributed by atoms with Gasteiger partial charge in [0.1, 0.15) is 0 Å². The summed E-state index contributed by atoms with van der Waals surface area (Å²) in [6.07, 6.45) is 1.80. The average molecular weight is 301 g/mol. The van der Waals surface area contributed by atoms with Gasteiger partial charge >= 0.3 is 0 Å². The Morgan fingerprint density at radius 3 is 2.50 bits per heavy atom. The third kappa shape index (κ3) is 2.30. The lowest BCUT2D eigenvalue weighted by molar-refractivity contribution is -0.113. The van der Waals surface area contributed by atoms with Crippen LogP contribution in [0.25, 0.3) is 6.08 Å². The molecular weight excluding hydrogens is 290 g/mol. The molecule has 0 aliphatic carbocycles. The number of benzene rings is 1. The summed E-state index contributed by atoms with van der Waals surface area (Å²) in [7, 11) is 0. The zero-order valence-corrected chi connectivity index (χ0v) is 12.3. The molecule has 100 valence electrons. The van der Waals surface area contributed by atoms with Crippen LogP contribution in [0.2, 0.25) is 0 Å². The summed E-state index contributed by atoms with van der Waals surface area (Å²) in [4.78, 5) is 27.1. The zero-order valence-electron chi connectivity index (χ0n) is 10.7. The van der Waals surface area contributed by atoms with E-state index in [0.717, 1.165) is 22.2 Å². The van der Waals surface area contributed by atoms with Crippen LogP contribution < -0.4 is 4.90 Å². The van der Waals surface area contributed by atoms with Crippen molar-refractivity contribution in [1.29, 1.82) is 0 Å². The van der Waals surface area contributed by atoms with Crippen LogP contribution in [-0.2, 0) is 4.79 Å². The van der Waals surface area contributed by atoms with E-state index >= 15 is 0 Å². The number of carbonyl (C=O) groups excluding carboxylic acids is 2. The summed E-state index contributed by atoms with van der Waals surface area (Å²) >= 11 is 2.55. The predicted molar refractivity (Wildman–Crippen MR) is 83.9 cm³/mol. The number of hydrogen-bond acceptors (Lipinski definition) is 4. The second-order valence-electron chi connectivity index (χ2n) is 4.32. The molecule has 0 N–H and O–H groups in total. The molecule has 0 unspecified atom stereocenters. The molecule has 1 fully saturated rings. The minimum absolute atomic E-state index is 0.248. The molecule has 1 aliphatic rings. The van der Waals surface area contributed by atoms with Gasteiger partial charge in [0.05, 0.1) is 10.6 Å². The summed E-state index contributed by atoms with van der Waals surface area (Å²) < 4.78 is 0. The fourth-order valence-electron chi connectivity index (χ4n) is 1.92. The third-order valence-electron chi connectivity index (χ3n) is 2.97. The van der Waals surface area contributed by atoms with Crippen LogP contribution in [0.15, 0.2) is 46.7 Å². The van der Waals surface area contributed by atoms with Crippen molar-refractivity contribution in [2.24, 2.45) is 0 Å². The number of aryl methyl sites for hydroxylation is 1. The van der Waals surface area contributed by atoms with E-state index in [1.807, 2.05) is 36.6 Å². The molecule has 20 heavy (non-hydrogen) atoms. The maximum absolute atomic E-state index is 12.4. The second-order valence-corrected chi connectivity index (χ2v) is 6.26. The average Bonchev–Trinajstić information content (AvgIpc) is 2.96. The van der Waals surface area contributed by atoms with Gasteiger partial charge in [-0.25, -0.2) is 4.90 Å². The Morgan fingerprint density at radius 2 is 1.85 bits per heavy atom. The molecule has 1 aromatic heterocycles. The normalized spacial score (nSPS) is 17.2. The lowest BCUT2D eigenvalue weighted by Gasteiger charge is -2.11. The number of imide groups is 1. The van der Waals surface area contributed by atoms with E-state index in [1.165, 1.54) is 4.90 Å². The minimum atomic E-state index is -0.251. The fourth-order valence-corrected chi connectivity index (χ4v) is 3.68. The second kappa shape index (κ2) is 5.26. The number of hydrogen-bond donors (Lipinski definition) is 0. The van der Waals surface area contributed by atoms with Gasteiger partial charge in [-0.05, 0) is 53.9 Å². The first-order valence-electron chi connectivity index (χ1n) is 6.04. The standard InChI is InChI=1S/C15H11NO2S2/c1-10-7-8-19-12(10)9-13-14(17)16(15(18)20-13)11-5-3-2-4-6-11/h2-9H,1H3/b13-9-. The Bertz CT molecular complexity index is 704. The molecule has 2 heterocycles. The van der Waals surface area contributed by atoms with Gasteiger partial charge in [0.25, 0.3) is 11.1 Å². The van der Waals surface area contributed by atoms with Gasteiger partial charge in [0.15, 0.2) is 0 Å². The number of thioether (sulfide) groups is 1. The Kier molecular flexibility index (Phi) is 3.46. The van der Waals surface area contributed by atoms with Crippen LogP contribution in [0.4, 0.5) is 10.5 Å².